The molecule has 0 spiro atoms. The molecule has 2 N–H and O–H groups in total. The maximum atomic E-state index is 11.9. The van der Waals surface area contributed by atoms with Crippen LogP contribution >= 0.6 is 0 Å². The normalized spacial score (nSPS) is 15.1. The van der Waals surface area contributed by atoms with Crippen LogP contribution in [0.25, 0.3) is 5.70 Å². The number of hydrogen-bond acceptors (Lipinski definition) is 4. The van der Waals surface area contributed by atoms with E-state index in [0.717, 1.165) is 25.1 Å². The quantitative estimate of drug-likeness (QED) is 0.868. The van der Waals surface area contributed by atoms with Gasteiger partial charge in [-0.25, -0.2) is 0 Å². The minimum Gasteiger partial charge on any atom is -0.394 e. The second-order valence-electron chi connectivity index (χ2n) is 4.31. The Bertz CT molecular complexity index is 553. The van der Waals surface area contributed by atoms with Crippen molar-refractivity contribution in [2.75, 3.05) is 18.8 Å². The highest BCUT2D eigenvalue weighted by atomic mass is 16.1. The molecule has 0 saturated carbocycles. The van der Waals surface area contributed by atoms with Gasteiger partial charge >= 0.3 is 0 Å². The number of allylic oxidation sites excluding steroid dienone is 1. The van der Waals surface area contributed by atoms with E-state index in [-0.39, 0.29) is 11.2 Å². The molecule has 5 nitrogen and oxygen atoms in total. The van der Waals surface area contributed by atoms with Crippen molar-refractivity contribution in [3.8, 4) is 6.07 Å². The largest absolute Gasteiger partial charge is 0.394 e. The Morgan fingerprint density at radius 3 is 3.11 bits per heavy atom. The van der Waals surface area contributed by atoms with E-state index in [1.165, 1.54) is 0 Å². The molecule has 0 unspecified atom stereocenters. The summed E-state index contributed by atoms with van der Waals surface area (Å²) in [6.07, 6.45) is 6.03. The van der Waals surface area contributed by atoms with E-state index in [4.69, 9.17) is 11.0 Å². The molecule has 0 radical (unpaired) electrons. The van der Waals surface area contributed by atoms with Crippen molar-refractivity contribution < 1.29 is 0 Å². The second kappa shape index (κ2) is 5.41. The predicted molar refractivity (Wildman–Crippen MR) is 70.4 cm³/mol. The van der Waals surface area contributed by atoms with E-state index in [9.17, 15) is 4.79 Å². The Hall–Kier alpha value is -2.22. The topological polar surface area (TPSA) is 75.1 Å². The Morgan fingerprint density at radius 2 is 2.33 bits per heavy atom. The fourth-order valence-electron chi connectivity index (χ4n) is 2.09. The van der Waals surface area contributed by atoms with Gasteiger partial charge in [0.25, 0.3) is 5.56 Å². The summed E-state index contributed by atoms with van der Waals surface area (Å²) >= 11 is 0. The van der Waals surface area contributed by atoms with E-state index in [2.05, 4.69) is 11.0 Å². The van der Waals surface area contributed by atoms with Gasteiger partial charge in [0.05, 0.1) is 18.2 Å². The molecule has 0 aromatic carbocycles. The molecular weight excluding hydrogens is 228 g/mol. The molecule has 1 aromatic heterocycles. The monoisotopic (exact) mass is 244 g/mol. The van der Waals surface area contributed by atoms with Crippen molar-refractivity contribution >= 4 is 11.4 Å². The lowest BCUT2D eigenvalue weighted by Crippen LogP contribution is -2.28. The number of anilines is 1. The summed E-state index contributed by atoms with van der Waals surface area (Å²) in [5, 5.41) is 8.59. The van der Waals surface area contributed by atoms with Crippen LogP contribution in [0.1, 0.15) is 19.3 Å². The summed E-state index contributed by atoms with van der Waals surface area (Å²) < 4.78 is 1.59. The smallest absolute Gasteiger partial charge is 0.277 e. The molecule has 0 amide bonds. The summed E-state index contributed by atoms with van der Waals surface area (Å²) in [4.78, 5) is 14.0. The number of hydrogen-bond donors (Lipinski definition) is 1. The molecule has 1 aliphatic heterocycles. The van der Waals surface area contributed by atoms with Crippen LogP contribution in [0.4, 0.5) is 5.69 Å². The molecule has 1 aliphatic rings. The average molecular weight is 244 g/mol. The van der Waals surface area contributed by atoms with Crippen LogP contribution in [0, 0.1) is 11.3 Å². The van der Waals surface area contributed by atoms with Crippen LogP contribution in [-0.2, 0) is 0 Å². The van der Waals surface area contributed by atoms with Crippen molar-refractivity contribution in [2.24, 2.45) is 0 Å². The summed E-state index contributed by atoms with van der Waals surface area (Å²) in [5.41, 5.74) is 6.65. The molecule has 0 saturated heterocycles. The average Bonchev–Trinajstić information content (AvgIpc) is 2.40. The lowest BCUT2D eigenvalue weighted by atomic mass is 10.1. The highest BCUT2D eigenvalue weighted by Gasteiger charge is 2.12. The van der Waals surface area contributed by atoms with E-state index < -0.39 is 0 Å². The summed E-state index contributed by atoms with van der Waals surface area (Å²) in [6.45, 7) is 1.64. The Labute approximate surface area is 106 Å². The van der Waals surface area contributed by atoms with Gasteiger partial charge in [-0.1, -0.05) is 0 Å². The minimum absolute atomic E-state index is 0.175. The molecule has 2 rings (SSSR count). The molecule has 0 aliphatic carbocycles. The zero-order valence-corrected chi connectivity index (χ0v) is 10.2. The lowest BCUT2D eigenvalue weighted by Gasteiger charge is -2.26. The van der Waals surface area contributed by atoms with Gasteiger partial charge in [-0.05, 0) is 25.0 Å². The third-order valence-electron chi connectivity index (χ3n) is 3.01. The van der Waals surface area contributed by atoms with Crippen LogP contribution < -0.4 is 11.3 Å². The zero-order valence-electron chi connectivity index (χ0n) is 10.2. The number of aromatic nitrogens is 1. The highest BCUT2D eigenvalue weighted by molar-refractivity contribution is 5.49. The standard InChI is InChI=1S/C13H16N4O/c14-6-3-8-16-7-1-4-11(10-16)17-9-2-5-12(15)13(17)18/h2,5,9-10H,1,3-4,7-8,15H2. The zero-order chi connectivity index (χ0) is 13.0. The van der Waals surface area contributed by atoms with Gasteiger partial charge in [-0.15, -0.1) is 0 Å². The fourth-order valence-corrected chi connectivity index (χ4v) is 2.09. The number of nitrogen functional groups attached to an aromatic ring is 1. The van der Waals surface area contributed by atoms with Crippen molar-refractivity contribution in [1.29, 1.82) is 5.26 Å². The van der Waals surface area contributed by atoms with Crippen molar-refractivity contribution in [3.05, 3.63) is 34.9 Å². The molecule has 0 fully saturated rings. The number of rotatable bonds is 3. The maximum absolute atomic E-state index is 11.9. The highest BCUT2D eigenvalue weighted by Crippen LogP contribution is 2.18. The second-order valence-corrected chi connectivity index (χ2v) is 4.31. The summed E-state index contributed by atoms with van der Waals surface area (Å²) in [5.74, 6) is 0. The van der Waals surface area contributed by atoms with Crippen molar-refractivity contribution in [1.82, 2.24) is 9.47 Å². The van der Waals surface area contributed by atoms with E-state index in [0.29, 0.717) is 13.0 Å². The molecule has 0 atom stereocenters. The number of nitrogens with zero attached hydrogens (tertiary/aromatic N) is 3. The van der Waals surface area contributed by atoms with Gasteiger partial charge in [-0.2, -0.15) is 5.26 Å². The lowest BCUT2D eigenvalue weighted by molar-refractivity contribution is 0.363. The van der Waals surface area contributed by atoms with Gasteiger partial charge in [-0.3, -0.25) is 9.36 Å². The molecular formula is C13H16N4O. The minimum atomic E-state index is -0.175. The summed E-state index contributed by atoms with van der Waals surface area (Å²) in [7, 11) is 0. The molecule has 1 aromatic rings. The fraction of sp³-hybridized carbons (Fsp3) is 0.385. The van der Waals surface area contributed by atoms with Crippen molar-refractivity contribution in [2.45, 2.75) is 19.3 Å². The van der Waals surface area contributed by atoms with Gasteiger partial charge in [0.2, 0.25) is 0 Å². The van der Waals surface area contributed by atoms with Crippen LogP contribution in [0.3, 0.4) is 0 Å². The third-order valence-corrected chi connectivity index (χ3v) is 3.01. The first kappa shape index (κ1) is 12.2. The van der Waals surface area contributed by atoms with E-state index in [1.807, 2.05) is 6.20 Å². The first-order chi connectivity index (χ1) is 8.72. The van der Waals surface area contributed by atoms with Crippen LogP contribution in [-0.4, -0.2) is 22.6 Å². The van der Waals surface area contributed by atoms with Gasteiger partial charge in [0.15, 0.2) is 0 Å². The van der Waals surface area contributed by atoms with Gasteiger partial charge < -0.3 is 10.6 Å². The number of pyridine rings is 1. The van der Waals surface area contributed by atoms with Crippen LogP contribution in [0.2, 0.25) is 0 Å². The number of nitrogens with two attached hydrogens (primary N) is 1. The van der Waals surface area contributed by atoms with Gasteiger partial charge in [0, 0.05) is 31.2 Å². The SMILES string of the molecule is N#CCCN1C=C(n2cccc(N)c2=O)CCC1. The van der Waals surface area contributed by atoms with Gasteiger partial charge in [0.1, 0.15) is 0 Å². The van der Waals surface area contributed by atoms with Crippen molar-refractivity contribution in [3.63, 3.8) is 0 Å². The van der Waals surface area contributed by atoms with E-state index in [1.54, 1.807) is 22.9 Å². The number of nitriles is 1. The predicted octanol–water partition coefficient (Wildman–Crippen LogP) is 1.24. The Morgan fingerprint density at radius 1 is 1.50 bits per heavy atom. The Kier molecular flexibility index (Phi) is 3.68. The van der Waals surface area contributed by atoms with Crippen LogP contribution in [0.15, 0.2) is 29.3 Å². The third kappa shape index (κ3) is 2.54. The summed E-state index contributed by atoms with van der Waals surface area (Å²) in [6, 6.07) is 5.51. The molecule has 5 heteroatoms. The van der Waals surface area contributed by atoms with E-state index >= 15 is 0 Å². The maximum Gasteiger partial charge on any atom is 0.277 e. The molecule has 2 heterocycles. The molecule has 94 valence electrons. The Balaban J connectivity index is 2.27. The molecule has 0 bridgehead atoms. The van der Waals surface area contributed by atoms with Crippen LogP contribution in [0.5, 0.6) is 0 Å². The molecule has 18 heavy (non-hydrogen) atoms. The first-order valence-electron chi connectivity index (χ1n) is 6.01. The first-order valence-corrected chi connectivity index (χ1v) is 6.01.